The number of piperidine rings is 1. The summed E-state index contributed by atoms with van der Waals surface area (Å²) in [4.78, 5) is 11.5. The Morgan fingerprint density at radius 1 is 1.00 bits per heavy atom. The standard InChI is InChI=1S/C22H32N4/c1-17-7-6-8-19(24-17)16-26(15-18-9-11-23-12-10-18)20-13-21(2,3)25-22(4,5)14-20/h6-12,20,25H,13-16H2,1-5H3. The summed E-state index contributed by atoms with van der Waals surface area (Å²) in [7, 11) is 0. The van der Waals surface area contributed by atoms with Crippen LogP contribution in [0, 0.1) is 6.92 Å². The zero-order chi connectivity index (χ0) is 18.8. The van der Waals surface area contributed by atoms with Crippen molar-refractivity contribution in [3.63, 3.8) is 0 Å². The maximum Gasteiger partial charge on any atom is 0.0547 e. The van der Waals surface area contributed by atoms with Gasteiger partial charge >= 0.3 is 0 Å². The zero-order valence-corrected chi connectivity index (χ0v) is 16.8. The van der Waals surface area contributed by atoms with Crippen LogP contribution in [0.4, 0.5) is 0 Å². The summed E-state index contributed by atoms with van der Waals surface area (Å²) in [6.07, 6.45) is 6.03. The molecule has 0 saturated carbocycles. The van der Waals surface area contributed by atoms with E-state index in [9.17, 15) is 0 Å². The van der Waals surface area contributed by atoms with Crippen molar-refractivity contribution < 1.29 is 0 Å². The third-order valence-corrected chi connectivity index (χ3v) is 5.13. The minimum atomic E-state index is 0.128. The Morgan fingerprint density at radius 2 is 1.65 bits per heavy atom. The molecular weight excluding hydrogens is 320 g/mol. The van der Waals surface area contributed by atoms with E-state index in [-0.39, 0.29) is 11.1 Å². The third-order valence-electron chi connectivity index (χ3n) is 5.13. The van der Waals surface area contributed by atoms with Crippen molar-refractivity contribution in [1.29, 1.82) is 0 Å². The largest absolute Gasteiger partial charge is 0.307 e. The van der Waals surface area contributed by atoms with Crippen LogP contribution in [0.5, 0.6) is 0 Å². The summed E-state index contributed by atoms with van der Waals surface area (Å²) >= 11 is 0. The van der Waals surface area contributed by atoms with Gasteiger partial charge in [-0.15, -0.1) is 0 Å². The maximum atomic E-state index is 4.75. The second kappa shape index (κ2) is 7.45. The van der Waals surface area contributed by atoms with E-state index in [4.69, 9.17) is 4.98 Å². The van der Waals surface area contributed by atoms with Crippen molar-refractivity contribution >= 4 is 0 Å². The maximum absolute atomic E-state index is 4.75. The summed E-state index contributed by atoms with van der Waals surface area (Å²) in [6.45, 7) is 13.1. The van der Waals surface area contributed by atoms with Gasteiger partial charge in [0.1, 0.15) is 0 Å². The average Bonchev–Trinajstić information content (AvgIpc) is 2.52. The van der Waals surface area contributed by atoms with Crippen LogP contribution in [-0.2, 0) is 13.1 Å². The molecule has 2 aromatic heterocycles. The Kier molecular flexibility index (Phi) is 5.44. The highest BCUT2D eigenvalue weighted by Crippen LogP contribution is 2.33. The van der Waals surface area contributed by atoms with Gasteiger partial charge in [-0.2, -0.15) is 0 Å². The van der Waals surface area contributed by atoms with E-state index in [1.165, 1.54) is 5.56 Å². The van der Waals surface area contributed by atoms with Gasteiger partial charge < -0.3 is 5.32 Å². The Balaban J connectivity index is 1.86. The van der Waals surface area contributed by atoms with Crippen LogP contribution in [0.15, 0.2) is 42.7 Å². The quantitative estimate of drug-likeness (QED) is 0.880. The van der Waals surface area contributed by atoms with Gasteiger partial charge in [0.15, 0.2) is 0 Å². The number of nitrogens with zero attached hydrogens (tertiary/aromatic N) is 3. The lowest BCUT2D eigenvalue weighted by Gasteiger charge is -2.49. The zero-order valence-electron chi connectivity index (χ0n) is 16.8. The smallest absolute Gasteiger partial charge is 0.0547 e. The van der Waals surface area contributed by atoms with E-state index >= 15 is 0 Å². The van der Waals surface area contributed by atoms with Crippen molar-refractivity contribution in [2.45, 2.75) is 77.7 Å². The molecule has 140 valence electrons. The molecule has 0 amide bonds. The van der Waals surface area contributed by atoms with Gasteiger partial charge in [0, 0.05) is 48.3 Å². The fourth-order valence-corrected chi connectivity index (χ4v) is 4.46. The van der Waals surface area contributed by atoms with Gasteiger partial charge in [-0.25, -0.2) is 0 Å². The van der Waals surface area contributed by atoms with Gasteiger partial charge in [-0.1, -0.05) is 6.07 Å². The topological polar surface area (TPSA) is 41.1 Å². The van der Waals surface area contributed by atoms with E-state index in [0.717, 1.165) is 37.3 Å². The molecule has 1 saturated heterocycles. The van der Waals surface area contributed by atoms with Crippen LogP contribution in [0.3, 0.4) is 0 Å². The number of pyridine rings is 2. The molecule has 1 N–H and O–H groups in total. The Morgan fingerprint density at radius 3 is 2.27 bits per heavy atom. The van der Waals surface area contributed by atoms with Gasteiger partial charge in [0.25, 0.3) is 0 Å². The summed E-state index contributed by atoms with van der Waals surface area (Å²) in [6, 6.07) is 11.1. The highest BCUT2D eigenvalue weighted by atomic mass is 15.2. The Labute approximate surface area is 158 Å². The fourth-order valence-electron chi connectivity index (χ4n) is 4.46. The van der Waals surface area contributed by atoms with Gasteiger partial charge in [-0.05, 0) is 77.3 Å². The normalized spacial score (nSPS) is 19.6. The predicted octanol–water partition coefficient (Wildman–Crippen LogP) is 4.10. The minimum Gasteiger partial charge on any atom is -0.307 e. The van der Waals surface area contributed by atoms with E-state index in [1.54, 1.807) is 0 Å². The molecule has 0 spiro atoms. The fraction of sp³-hybridized carbons (Fsp3) is 0.545. The first-order chi connectivity index (χ1) is 12.2. The summed E-state index contributed by atoms with van der Waals surface area (Å²) < 4.78 is 0. The minimum absolute atomic E-state index is 0.128. The number of aromatic nitrogens is 2. The lowest BCUT2D eigenvalue weighted by molar-refractivity contribution is 0.0556. The molecule has 1 aliphatic rings. The summed E-state index contributed by atoms with van der Waals surface area (Å²) in [5.74, 6) is 0. The second-order valence-electron chi connectivity index (χ2n) is 8.99. The predicted molar refractivity (Wildman–Crippen MR) is 107 cm³/mol. The van der Waals surface area contributed by atoms with Crippen molar-refractivity contribution in [2.75, 3.05) is 0 Å². The first-order valence-electron chi connectivity index (χ1n) is 9.57. The molecule has 1 aliphatic heterocycles. The van der Waals surface area contributed by atoms with Crippen LogP contribution in [0.1, 0.15) is 57.5 Å². The number of rotatable bonds is 5. The summed E-state index contributed by atoms with van der Waals surface area (Å²) in [5, 5.41) is 3.80. The molecule has 26 heavy (non-hydrogen) atoms. The number of hydrogen-bond acceptors (Lipinski definition) is 4. The molecule has 1 fully saturated rings. The lowest BCUT2D eigenvalue weighted by atomic mass is 9.79. The van der Waals surface area contributed by atoms with Crippen LogP contribution < -0.4 is 5.32 Å². The Hall–Kier alpha value is -1.78. The number of nitrogens with one attached hydrogen (secondary N) is 1. The SMILES string of the molecule is Cc1cccc(CN(Cc2ccncc2)C2CC(C)(C)NC(C)(C)C2)n1. The average molecular weight is 353 g/mol. The van der Waals surface area contributed by atoms with E-state index in [2.05, 4.69) is 80.2 Å². The molecule has 0 aromatic carbocycles. The molecule has 2 aromatic rings. The van der Waals surface area contributed by atoms with Crippen molar-refractivity contribution in [1.82, 2.24) is 20.2 Å². The van der Waals surface area contributed by atoms with Crippen molar-refractivity contribution in [3.8, 4) is 0 Å². The molecule has 4 heteroatoms. The molecule has 4 nitrogen and oxygen atoms in total. The molecule has 0 radical (unpaired) electrons. The summed E-state index contributed by atoms with van der Waals surface area (Å²) in [5.41, 5.74) is 3.79. The van der Waals surface area contributed by atoms with Crippen molar-refractivity contribution in [3.05, 3.63) is 59.7 Å². The van der Waals surface area contributed by atoms with Gasteiger partial charge in [-0.3, -0.25) is 14.9 Å². The molecule has 0 bridgehead atoms. The monoisotopic (exact) mass is 352 g/mol. The van der Waals surface area contributed by atoms with Crippen LogP contribution >= 0.6 is 0 Å². The van der Waals surface area contributed by atoms with Crippen molar-refractivity contribution in [2.24, 2.45) is 0 Å². The molecule has 3 rings (SSSR count). The number of aryl methyl sites for hydroxylation is 1. The van der Waals surface area contributed by atoms with E-state index in [0.29, 0.717) is 6.04 Å². The van der Waals surface area contributed by atoms with E-state index in [1.807, 2.05) is 12.4 Å². The van der Waals surface area contributed by atoms with Crippen LogP contribution in [0.25, 0.3) is 0 Å². The number of hydrogen-bond donors (Lipinski definition) is 1. The molecule has 0 aliphatic carbocycles. The highest BCUT2D eigenvalue weighted by Gasteiger charge is 2.39. The van der Waals surface area contributed by atoms with Crippen LogP contribution in [0.2, 0.25) is 0 Å². The van der Waals surface area contributed by atoms with Crippen LogP contribution in [-0.4, -0.2) is 32.0 Å². The highest BCUT2D eigenvalue weighted by molar-refractivity contribution is 5.13. The van der Waals surface area contributed by atoms with Gasteiger partial charge in [0.2, 0.25) is 0 Å². The molecular formula is C22H32N4. The first kappa shape index (κ1) is 19.0. The first-order valence-corrected chi connectivity index (χ1v) is 9.57. The second-order valence-corrected chi connectivity index (χ2v) is 8.99. The third kappa shape index (κ3) is 5.12. The molecule has 0 atom stereocenters. The molecule has 0 unspecified atom stereocenters. The van der Waals surface area contributed by atoms with Gasteiger partial charge in [0.05, 0.1) is 5.69 Å². The molecule has 3 heterocycles. The van der Waals surface area contributed by atoms with E-state index < -0.39 is 0 Å². The Bertz CT molecular complexity index is 708. The lowest BCUT2D eigenvalue weighted by Crippen LogP contribution is -2.62.